The molecule has 0 aliphatic heterocycles. The summed E-state index contributed by atoms with van der Waals surface area (Å²) in [6.07, 6.45) is 7.90. The van der Waals surface area contributed by atoms with Crippen molar-refractivity contribution >= 4 is 109 Å². The van der Waals surface area contributed by atoms with Crippen LogP contribution in [0.4, 0.5) is 0 Å². The number of hydrogen-bond donors (Lipinski definition) is 0. The Morgan fingerprint density at radius 3 is 1.87 bits per heavy atom. The molecular weight excluding hydrogens is 645 g/mol. The van der Waals surface area contributed by atoms with Crippen molar-refractivity contribution in [2.75, 3.05) is 7.11 Å². The first-order valence-electron chi connectivity index (χ1n) is 19.8. The molecule has 0 N–H and O–H groups in total. The molecule has 0 saturated carbocycles. The van der Waals surface area contributed by atoms with Gasteiger partial charge in [-0.25, -0.2) is 0 Å². The van der Waals surface area contributed by atoms with Crippen molar-refractivity contribution in [1.29, 1.82) is 0 Å². The van der Waals surface area contributed by atoms with Crippen LogP contribution in [-0.2, 0) is 34.2 Å². The number of rotatable bonds is 5. The summed E-state index contributed by atoms with van der Waals surface area (Å²) in [5, 5.41) is 27.8. The highest BCUT2D eigenvalue weighted by Gasteiger charge is 2.58. The fraction of sp³-hybridized carbons (Fsp3) is 0.196. The average Bonchev–Trinajstić information content (AvgIpc) is 3.96. The van der Waals surface area contributed by atoms with Crippen molar-refractivity contribution in [3.05, 3.63) is 122 Å². The van der Waals surface area contributed by atoms with E-state index in [1.165, 1.54) is 54.9 Å². The summed E-state index contributed by atoms with van der Waals surface area (Å²) in [6.45, 7) is 0. The predicted molar refractivity (Wildman–Crippen MR) is 216 cm³/mol. The van der Waals surface area contributed by atoms with Crippen molar-refractivity contribution in [3.8, 4) is 0 Å². The molecule has 11 aromatic carbocycles. The minimum absolute atomic E-state index is 0.101. The number of methoxy groups -OCH3 is 1. The quantitative estimate of drug-likeness (QED) is 0.134. The number of hydrogen-bond acceptors (Lipinski definition) is 2. The summed E-state index contributed by atoms with van der Waals surface area (Å²) < 4.78 is 5.31. The van der Waals surface area contributed by atoms with Gasteiger partial charge >= 0.3 is 5.97 Å². The highest BCUT2D eigenvalue weighted by atomic mass is 16.5. The second-order valence-electron chi connectivity index (χ2n) is 17.9. The molecule has 17 rings (SSSR count). The van der Waals surface area contributed by atoms with Gasteiger partial charge in [0.05, 0.1) is 7.11 Å². The summed E-state index contributed by atoms with van der Waals surface area (Å²) in [6, 6.07) is 24.7. The lowest BCUT2D eigenvalue weighted by molar-refractivity contribution is -0.140. The van der Waals surface area contributed by atoms with Crippen LogP contribution in [0.1, 0.15) is 86.7 Å². The fourth-order valence-corrected chi connectivity index (χ4v) is 15.1. The Kier molecular flexibility index (Phi) is 3.46. The lowest BCUT2D eigenvalue weighted by Gasteiger charge is -2.50. The van der Waals surface area contributed by atoms with Crippen molar-refractivity contribution in [2.24, 2.45) is 0 Å². The van der Waals surface area contributed by atoms with E-state index in [1.807, 2.05) is 0 Å². The van der Waals surface area contributed by atoms with Gasteiger partial charge in [-0.05, 0) is 185 Å². The van der Waals surface area contributed by atoms with E-state index < -0.39 is 0 Å². The Balaban J connectivity index is 1.28. The largest absolute Gasteiger partial charge is 0.469 e. The zero-order chi connectivity index (χ0) is 33.7. The molecule has 0 saturated heterocycles. The second kappa shape index (κ2) is 7.26. The molecule has 0 spiro atoms. The Bertz CT molecular complexity index is 3730. The number of carbonyl (C=O) groups excluding carboxylic acids is 1. The molecule has 0 radical (unpaired) electrons. The van der Waals surface area contributed by atoms with Crippen LogP contribution in [-0.4, -0.2) is 13.1 Å². The summed E-state index contributed by atoms with van der Waals surface area (Å²) in [4.78, 5) is 13.0. The molecular formula is C51H28O2. The van der Waals surface area contributed by atoms with Crippen LogP contribution >= 0.6 is 0 Å². The number of carbonyl (C=O) groups is 1. The van der Waals surface area contributed by atoms with E-state index in [1.54, 1.807) is 110 Å². The standard InChI is InChI=1S/C51H28O2/c1-53-29(52)8-5-9-51(28-6-3-2-4-7-28)49-37-26-17-23-15-25-14-20-10-19-12-24-13-21-11-22-16-27(18-26)38(49)43-33(22)32(21)40-35(24)39-30(19)31(20)41-36(25)42(34(23)37)47-45(41)44(39)46(40)48(43)50(47)51/h2-4,6-7,12-16,18,37,49H,5,8-11,17H2,1H3. The molecule has 0 aromatic heterocycles. The molecule has 6 aliphatic carbocycles. The minimum Gasteiger partial charge on any atom is -0.469 e. The Morgan fingerprint density at radius 2 is 1.19 bits per heavy atom. The van der Waals surface area contributed by atoms with Crippen LogP contribution in [0.15, 0.2) is 66.2 Å². The summed E-state index contributed by atoms with van der Waals surface area (Å²) in [5.74, 6) is 0.468. The molecule has 3 unspecified atom stereocenters. The maximum absolute atomic E-state index is 13.0. The number of benzene rings is 9. The average molecular weight is 673 g/mol. The SMILES string of the molecule is COC(=O)CCCC1(c2ccccc2)c2c3c4c5c6cc7cc8c9c%10c(cc%11cc%12c%13c%14c(cc%15c(c%14c2c2c%13c%11c%10c2c3c9c74)C1C5C(=C%15)C6)C%12)C8. The first-order valence-corrected chi connectivity index (χ1v) is 19.8. The summed E-state index contributed by atoms with van der Waals surface area (Å²) in [5.41, 5.74) is 16.7. The summed E-state index contributed by atoms with van der Waals surface area (Å²) in [7, 11) is 1.54. The van der Waals surface area contributed by atoms with Gasteiger partial charge in [0, 0.05) is 23.7 Å². The first-order chi connectivity index (χ1) is 26.2. The molecule has 244 valence electrons. The van der Waals surface area contributed by atoms with Gasteiger partial charge in [-0.15, -0.1) is 0 Å². The zero-order valence-corrected chi connectivity index (χ0v) is 29.1. The lowest BCUT2D eigenvalue weighted by Crippen LogP contribution is -2.41. The second-order valence-corrected chi connectivity index (χ2v) is 17.9. The van der Waals surface area contributed by atoms with Gasteiger partial charge in [-0.3, -0.25) is 4.79 Å². The molecule has 11 aromatic rings. The lowest BCUT2D eigenvalue weighted by atomic mass is 9.51. The smallest absolute Gasteiger partial charge is 0.305 e. The topological polar surface area (TPSA) is 26.3 Å². The van der Waals surface area contributed by atoms with E-state index >= 15 is 0 Å². The van der Waals surface area contributed by atoms with Crippen molar-refractivity contribution in [3.63, 3.8) is 0 Å². The molecule has 2 heteroatoms. The van der Waals surface area contributed by atoms with Gasteiger partial charge in [0.2, 0.25) is 0 Å². The molecule has 2 bridgehead atoms. The maximum Gasteiger partial charge on any atom is 0.305 e. The highest BCUT2D eigenvalue weighted by molar-refractivity contribution is 6.59. The third kappa shape index (κ3) is 2.15. The molecule has 0 heterocycles. The number of esters is 1. The normalized spacial score (nSPS) is 22.3. The van der Waals surface area contributed by atoms with E-state index in [9.17, 15) is 4.79 Å². The van der Waals surface area contributed by atoms with Crippen LogP contribution in [0.2, 0.25) is 0 Å². The fourth-order valence-electron chi connectivity index (χ4n) is 15.1. The Labute approximate surface area is 302 Å². The third-order valence-electron chi connectivity index (χ3n) is 16.3. The molecule has 2 nitrogen and oxygen atoms in total. The Hall–Kier alpha value is -5.73. The first kappa shape index (κ1) is 25.3. The van der Waals surface area contributed by atoms with E-state index in [0.717, 1.165) is 32.1 Å². The van der Waals surface area contributed by atoms with Crippen LogP contribution < -0.4 is 0 Å². The van der Waals surface area contributed by atoms with Crippen molar-refractivity contribution in [2.45, 2.75) is 55.8 Å². The molecule has 0 fully saturated rings. The van der Waals surface area contributed by atoms with E-state index in [0.29, 0.717) is 12.3 Å². The van der Waals surface area contributed by atoms with Gasteiger partial charge < -0.3 is 4.74 Å². The monoisotopic (exact) mass is 672 g/mol. The Morgan fingerprint density at radius 1 is 0.623 bits per heavy atom. The van der Waals surface area contributed by atoms with Crippen LogP contribution in [0.3, 0.4) is 0 Å². The predicted octanol–water partition coefficient (Wildman–Crippen LogP) is 11.8. The third-order valence-corrected chi connectivity index (χ3v) is 16.3. The summed E-state index contributed by atoms with van der Waals surface area (Å²) >= 11 is 0. The van der Waals surface area contributed by atoms with Crippen LogP contribution in [0, 0.1) is 0 Å². The van der Waals surface area contributed by atoms with Gasteiger partial charge in [0.1, 0.15) is 0 Å². The van der Waals surface area contributed by atoms with Crippen LogP contribution in [0.5, 0.6) is 0 Å². The minimum atomic E-state index is -0.309. The van der Waals surface area contributed by atoms with Crippen LogP contribution in [0.25, 0.3) is 103 Å². The van der Waals surface area contributed by atoms with E-state index in [-0.39, 0.29) is 17.3 Å². The zero-order valence-electron chi connectivity index (χ0n) is 29.1. The molecule has 3 atom stereocenters. The van der Waals surface area contributed by atoms with Gasteiger partial charge in [0.15, 0.2) is 0 Å². The highest BCUT2D eigenvalue weighted by Crippen LogP contribution is 2.74. The van der Waals surface area contributed by atoms with Crippen molar-refractivity contribution in [1.82, 2.24) is 0 Å². The van der Waals surface area contributed by atoms with E-state index in [4.69, 9.17) is 4.74 Å². The maximum atomic E-state index is 13.0. The number of ether oxygens (including phenoxy) is 1. The molecule has 53 heavy (non-hydrogen) atoms. The van der Waals surface area contributed by atoms with Gasteiger partial charge in [-0.2, -0.15) is 0 Å². The molecule has 0 amide bonds. The van der Waals surface area contributed by atoms with Gasteiger partial charge in [0.25, 0.3) is 0 Å². The van der Waals surface area contributed by atoms with Gasteiger partial charge in [-0.1, -0.05) is 72.3 Å². The van der Waals surface area contributed by atoms with E-state index in [2.05, 4.69) is 66.7 Å². The number of allylic oxidation sites excluding steroid dienone is 1. The van der Waals surface area contributed by atoms with Crippen molar-refractivity contribution < 1.29 is 9.53 Å². The molecule has 6 aliphatic rings.